The number of nitrogens with two attached hydrogens (primary N) is 1. The highest BCUT2D eigenvalue weighted by atomic mass is 32.2. The molecule has 3 nitrogen and oxygen atoms in total. The van der Waals surface area contributed by atoms with Crippen LogP contribution in [-0.4, -0.2) is 35.3 Å². The summed E-state index contributed by atoms with van der Waals surface area (Å²) in [5, 5.41) is 1.01. The summed E-state index contributed by atoms with van der Waals surface area (Å²) in [4.78, 5) is 6.76. The Labute approximate surface area is 101 Å². The van der Waals surface area contributed by atoms with Crippen molar-refractivity contribution >= 4 is 17.6 Å². The van der Waals surface area contributed by atoms with Gasteiger partial charge in [-0.1, -0.05) is 6.42 Å². The first-order valence-corrected chi connectivity index (χ1v) is 6.82. The van der Waals surface area contributed by atoms with Gasteiger partial charge in [0.2, 0.25) is 0 Å². The minimum Gasteiger partial charge on any atom is -0.383 e. The number of thioether (sulfide) groups is 1. The Hall–Kier alpha value is -0.740. The molecule has 1 saturated heterocycles. The van der Waals surface area contributed by atoms with E-state index >= 15 is 0 Å². The van der Waals surface area contributed by atoms with Crippen LogP contribution >= 0.6 is 11.8 Å². The maximum Gasteiger partial charge on any atom is 0.132 e. The molecule has 0 spiro atoms. The summed E-state index contributed by atoms with van der Waals surface area (Å²) < 4.78 is 0. The Morgan fingerprint density at radius 2 is 2.19 bits per heavy atom. The summed E-state index contributed by atoms with van der Waals surface area (Å²) in [5.41, 5.74) is 5.58. The third-order valence-electron chi connectivity index (χ3n) is 2.79. The van der Waals surface area contributed by atoms with Gasteiger partial charge in [-0.25, -0.2) is 4.98 Å². The van der Waals surface area contributed by atoms with Crippen molar-refractivity contribution < 1.29 is 0 Å². The monoisotopic (exact) mass is 236 g/mol. The van der Waals surface area contributed by atoms with Crippen molar-refractivity contribution in [2.45, 2.75) is 24.3 Å². The molecule has 1 fully saturated rings. The number of hydrogen-bond acceptors (Lipinski definition) is 4. The molecule has 0 atom stereocenters. The zero-order valence-corrected chi connectivity index (χ0v) is 10.3. The second-order valence-corrected chi connectivity index (χ2v) is 5.18. The fraction of sp³-hybridized carbons (Fsp3) is 0.583. The molecule has 0 aliphatic carbocycles. The van der Waals surface area contributed by atoms with Crippen LogP contribution in [0.25, 0.3) is 0 Å². The normalized spacial score (nSPS) is 17.5. The molecule has 4 heteroatoms. The van der Waals surface area contributed by atoms with Crippen molar-refractivity contribution in [1.82, 2.24) is 9.88 Å². The lowest BCUT2D eigenvalue weighted by molar-refractivity contribution is 0.242. The molecule has 0 saturated carbocycles. The number of aromatic nitrogens is 1. The van der Waals surface area contributed by atoms with Crippen LogP contribution < -0.4 is 5.73 Å². The lowest BCUT2D eigenvalue weighted by Crippen LogP contribution is -2.31. The van der Waals surface area contributed by atoms with E-state index in [9.17, 15) is 0 Å². The number of rotatable bonds is 4. The van der Waals surface area contributed by atoms with E-state index in [0.29, 0.717) is 5.82 Å². The quantitative estimate of drug-likeness (QED) is 0.812. The van der Waals surface area contributed by atoms with Crippen LogP contribution in [0, 0.1) is 6.07 Å². The number of nitrogens with zero attached hydrogens (tertiary/aromatic N) is 2. The van der Waals surface area contributed by atoms with Crippen molar-refractivity contribution in [2.75, 3.05) is 31.1 Å². The van der Waals surface area contributed by atoms with Crippen molar-refractivity contribution in [3.05, 3.63) is 18.2 Å². The molecule has 2 N–H and O–H groups in total. The Morgan fingerprint density at radius 1 is 1.38 bits per heavy atom. The lowest BCUT2D eigenvalue weighted by Gasteiger charge is -2.25. The van der Waals surface area contributed by atoms with Crippen LogP contribution in [0.1, 0.15) is 19.3 Å². The number of nitrogen functional groups attached to an aromatic ring is 1. The third kappa shape index (κ3) is 3.68. The summed E-state index contributed by atoms with van der Waals surface area (Å²) in [6, 6.07) is 6.66. The van der Waals surface area contributed by atoms with E-state index in [1.54, 1.807) is 11.8 Å². The average molecular weight is 236 g/mol. The van der Waals surface area contributed by atoms with Gasteiger partial charge in [0.15, 0.2) is 0 Å². The largest absolute Gasteiger partial charge is 0.383 e. The van der Waals surface area contributed by atoms with Gasteiger partial charge in [0.25, 0.3) is 0 Å². The Kier molecular flexibility index (Phi) is 4.48. The van der Waals surface area contributed by atoms with Gasteiger partial charge in [-0.15, -0.1) is 11.8 Å². The van der Waals surface area contributed by atoms with Gasteiger partial charge >= 0.3 is 0 Å². The molecular formula is C12H18N3S. The van der Waals surface area contributed by atoms with Crippen LogP contribution in [0.2, 0.25) is 0 Å². The molecule has 1 aromatic rings. The van der Waals surface area contributed by atoms with E-state index in [2.05, 4.69) is 16.0 Å². The SMILES string of the molecule is Nc1[c]ccc(SCCN2CCCCC2)n1. The first-order chi connectivity index (χ1) is 7.84. The maximum absolute atomic E-state index is 5.58. The van der Waals surface area contributed by atoms with Gasteiger partial charge < -0.3 is 10.6 Å². The molecule has 16 heavy (non-hydrogen) atoms. The minimum atomic E-state index is 0.489. The van der Waals surface area contributed by atoms with Crippen LogP contribution in [-0.2, 0) is 0 Å². The number of hydrogen-bond donors (Lipinski definition) is 1. The number of pyridine rings is 1. The molecule has 87 valence electrons. The summed E-state index contributed by atoms with van der Waals surface area (Å²) in [7, 11) is 0. The minimum absolute atomic E-state index is 0.489. The van der Waals surface area contributed by atoms with Gasteiger partial charge in [-0.2, -0.15) is 0 Å². The fourth-order valence-corrected chi connectivity index (χ4v) is 2.82. The zero-order chi connectivity index (χ0) is 11.2. The summed E-state index contributed by atoms with van der Waals surface area (Å²) >= 11 is 1.78. The van der Waals surface area contributed by atoms with Gasteiger partial charge in [0, 0.05) is 18.4 Å². The molecule has 1 aliphatic rings. The highest BCUT2D eigenvalue weighted by molar-refractivity contribution is 7.99. The molecule has 2 heterocycles. The third-order valence-corrected chi connectivity index (χ3v) is 3.70. The summed E-state index contributed by atoms with van der Waals surface area (Å²) in [6.45, 7) is 3.68. The Morgan fingerprint density at radius 3 is 2.94 bits per heavy atom. The topological polar surface area (TPSA) is 42.1 Å². The number of likely N-dealkylation sites (tertiary alicyclic amines) is 1. The maximum atomic E-state index is 5.58. The van der Waals surface area contributed by atoms with E-state index in [0.717, 1.165) is 17.3 Å². The molecule has 1 aliphatic heterocycles. The van der Waals surface area contributed by atoms with E-state index in [1.807, 2.05) is 12.1 Å². The van der Waals surface area contributed by atoms with Crippen LogP contribution in [0.3, 0.4) is 0 Å². The Balaban J connectivity index is 1.71. The lowest BCUT2D eigenvalue weighted by atomic mass is 10.1. The van der Waals surface area contributed by atoms with Crippen LogP contribution in [0.4, 0.5) is 5.82 Å². The van der Waals surface area contributed by atoms with E-state index in [-0.39, 0.29) is 0 Å². The Bertz CT molecular complexity index is 324. The highest BCUT2D eigenvalue weighted by Gasteiger charge is 2.09. The number of piperidine rings is 1. The first kappa shape index (κ1) is 11.7. The molecule has 1 radical (unpaired) electrons. The van der Waals surface area contributed by atoms with E-state index in [1.165, 1.54) is 32.4 Å². The van der Waals surface area contributed by atoms with Gasteiger partial charge in [-0.05, 0) is 38.1 Å². The van der Waals surface area contributed by atoms with Crippen LogP contribution in [0.15, 0.2) is 17.2 Å². The van der Waals surface area contributed by atoms with E-state index in [4.69, 9.17) is 5.73 Å². The fourth-order valence-electron chi connectivity index (χ4n) is 1.93. The summed E-state index contributed by atoms with van der Waals surface area (Å²) in [5.74, 6) is 1.58. The average Bonchev–Trinajstić information content (AvgIpc) is 2.30. The van der Waals surface area contributed by atoms with Gasteiger partial charge in [-0.3, -0.25) is 0 Å². The van der Waals surface area contributed by atoms with Crippen molar-refractivity contribution in [1.29, 1.82) is 0 Å². The van der Waals surface area contributed by atoms with Gasteiger partial charge in [0.05, 0.1) is 5.03 Å². The highest BCUT2D eigenvalue weighted by Crippen LogP contribution is 2.17. The first-order valence-electron chi connectivity index (χ1n) is 5.84. The standard InChI is InChI=1S/C12H18N3S/c13-11-5-4-6-12(14-11)16-10-9-15-7-2-1-3-8-15/h4,6H,1-3,7-10H2,(H2,13,14). The second kappa shape index (κ2) is 6.11. The van der Waals surface area contributed by atoms with Crippen molar-refractivity contribution in [3.8, 4) is 0 Å². The molecule has 0 aromatic carbocycles. The second-order valence-electron chi connectivity index (χ2n) is 4.06. The molecule has 2 rings (SSSR count). The van der Waals surface area contributed by atoms with Crippen LogP contribution in [0.5, 0.6) is 0 Å². The molecule has 0 amide bonds. The van der Waals surface area contributed by atoms with Crippen molar-refractivity contribution in [2.24, 2.45) is 0 Å². The van der Waals surface area contributed by atoms with Crippen molar-refractivity contribution in [3.63, 3.8) is 0 Å². The smallest absolute Gasteiger partial charge is 0.132 e. The van der Waals surface area contributed by atoms with Gasteiger partial charge in [0.1, 0.15) is 5.82 Å². The molecular weight excluding hydrogens is 218 g/mol. The molecule has 1 aromatic heterocycles. The predicted molar refractivity (Wildman–Crippen MR) is 68.5 cm³/mol. The predicted octanol–water partition coefficient (Wildman–Crippen LogP) is 2.04. The summed E-state index contributed by atoms with van der Waals surface area (Å²) in [6.07, 6.45) is 4.11. The zero-order valence-electron chi connectivity index (χ0n) is 9.48. The molecule has 0 unspecified atom stereocenters. The number of anilines is 1. The van der Waals surface area contributed by atoms with E-state index < -0.39 is 0 Å². The molecule has 0 bridgehead atoms.